The van der Waals surface area contributed by atoms with Crippen molar-refractivity contribution in [3.8, 4) is 6.07 Å². The predicted molar refractivity (Wildman–Crippen MR) is 65.8 cm³/mol. The lowest BCUT2D eigenvalue weighted by Gasteiger charge is -2.03. The molecule has 0 saturated carbocycles. The number of carbonyl (C=O) groups excluding carboxylic acids is 1. The molecule has 0 aliphatic carbocycles. The Morgan fingerprint density at radius 1 is 1.28 bits per heavy atom. The molecule has 0 aliphatic heterocycles. The van der Waals surface area contributed by atoms with Gasteiger partial charge in [0.25, 0.3) is 5.91 Å². The maximum Gasteiger partial charge on any atom is 0.287 e. The second-order valence-electron chi connectivity index (χ2n) is 3.90. The summed E-state index contributed by atoms with van der Waals surface area (Å²) in [5.74, 6) is 0.770. The van der Waals surface area contributed by atoms with Gasteiger partial charge < -0.3 is 9.73 Å². The Morgan fingerprint density at radius 2 is 2.00 bits per heavy atom. The molecule has 0 atom stereocenters. The van der Waals surface area contributed by atoms with Gasteiger partial charge in [-0.2, -0.15) is 5.26 Å². The first-order valence-electron chi connectivity index (χ1n) is 5.53. The fourth-order valence-electron chi connectivity index (χ4n) is 1.52. The fourth-order valence-corrected chi connectivity index (χ4v) is 1.52. The van der Waals surface area contributed by atoms with Crippen LogP contribution in [0.5, 0.6) is 0 Å². The van der Waals surface area contributed by atoms with E-state index in [0.717, 1.165) is 5.56 Å². The molecule has 1 N–H and O–H groups in total. The normalized spacial score (nSPS) is 9.78. The van der Waals surface area contributed by atoms with Gasteiger partial charge in [-0.1, -0.05) is 12.1 Å². The van der Waals surface area contributed by atoms with E-state index in [0.29, 0.717) is 23.6 Å². The number of furan rings is 1. The molecule has 18 heavy (non-hydrogen) atoms. The van der Waals surface area contributed by atoms with E-state index in [1.165, 1.54) is 0 Å². The summed E-state index contributed by atoms with van der Waals surface area (Å²) in [6.07, 6.45) is 0. The Balaban J connectivity index is 1.95. The van der Waals surface area contributed by atoms with Gasteiger partial charge in [0.15, 0.2) is 5.76 Å². The van der Waals surface area contributed by atoms with Crippen molar-refractivity contribution in [2.75, 3.05) is 0 Å². The average Bonchev–Trinajstić information content (AvgIpc) is 2.83. The number of hydrogen-bond acceptors (Lipinski definition) is 3. The van der Waals surface area contributed by atoms with E-state index in [1.54, 1.807) is 31.2 Å². The Hall–Kier alpha value is -2.54. The minimum Gasteiger partial charge on any atom is -0.456 e. The number of nitrogens with zero attached hydrogens (tertiary/aromatic N) is 1. The summed E-state index contributed by atoms with van der Waals surface area (Å²) >= 11 is 0. The molecule has 90 valence electrons. The van der Waals surface area contributed by atoms with Gasteiger partial charge in [-0.05, 0) is 36.8 Å². The van der Waals surface area contributed by atoms with Gasteiger partial charge in [0.05, 0.1) is 11.6 Å². The van der Waals surface area contributed by atoms with Crippen molar-refractivity contribution in [1.82, 2.24) is 5.32 Å². The van der Waals surface area contributed by atoms with Crippen LogP contribution in [-0.2, 0) is 6.54 Å². The van der Waals surface area contributed by atoms with Crippen LogP contribution in [0.3, 0.4) is 0 Å². The van der Waals surface area contributed by atoms with Crippen molar-refractivity contribution in [2.24, 2.45) is 0 Å². The number of nitrogens with one attached hydrogen (secondary N) is 1. The topological polar surface area (TPSA) is 66.0 Å². The van der Waals surface area contributed by atoms with Crippen molar-refractivity contribution in [2.45, 2.75) is 13.5 Å². The molecule has 1 aromatic heterocycles. The predicted octanol–water partition coefficient (Wildman–Crippen LogP) is 2.39. The number of carbonyl (C=O) groups is 1. The number of benzene rings is 1. The first-order valence-corrected chi connectivity index (χ1v) is 5.53. The maximum absolute atomic E-state index is 11.7. The molecule has 4 nitrogen and oxygen atoms in total. The van der Waals surface area contributed by atoms with Crippen LogP contribution in [0.1, 0.15) is 27.4 Å². The number of hydrogen-bond donors (Lipinski definition) is 1. The molecule has 0 radical (unpaired) electrons. The van der Waals surface area contributed by atoms with Crippen LogP contribution in [-0.4, -0.2) is 5.91 Å². The zero-order valence-corrected chi connectivity index (χ0v) is 9.93. The zero-order chi connectivity index (χ0) is 13.0. The van der Waals surface area contributed by atoms with Crippen LogP contribution in [0.4, 0.5) is 0 Å². The van der Waals surface area contributed by atoms with Crippen LogP contribution in [0.2, 0.25) is 0 Å². The van der Waals surface area contributed by atoms with Gasteiger partial charge in [-0.3, -0.25) is 4.79 Å². The summed E-state index contributed by atoms with van der Waals surface area (Å²) in [7, 11) is 0. The summed E-state index contributed by atoms with van der Waals surface area (Å²) < 4.78 is 5.22. The maximum atomic E-state index is 11.7. The molecule has 0 spiro atoms. The Bertz CT molecular complexity index is 591. The van der Waals surface area contributed by atoms with E-state index < -0.39 is 0 Å². The zero-order valence-electron chi connectivity index (χ0n) is 9.93. The van der Waals surface area contributed by atoms with Gasteiger partial charge in [-0.25, -0.2) is 0 Å². The average molecular weight is 240 g/mol. The molecule has 4 heteroatoms. The summed E-state index contributed by atoms with van der Waals surface area (Å²) in [6.45, 7) is 2.20. The first kappa shape index (κ1) is 11.9. The smallest absolute Gasteiger partial charge is 0.287 e. The monoisotopic (exact) mass is 240 g/mol. The first-order chi connectivity index (χ1) is 8.69. The Kier molecular flexibility index (Phi) is 3.44. The molecule has 0 saturated heterocycles. The molecule has 0 fully saturated rings. The number of amides is 1. The summed E-state index contributed by atoms with van der Waals surface area (Å²) in [5.41, 5.74) is 1.54. The van der Waals surface area contributed by atoms with E-state index >= 15 is 0 Å². The van der Waals surface area contributed by atoms with Crippen LogP contribution in [0.15, 0.2) is 40.8 Å². The van der Waals surface area contributed by atoms with Crippen molar-refractivity contribution in [3.63, 3.8) is 0 Å². The minimum atomic E-state index is -0.243. The number of nitriles is 1. The molecule has 1 heterocycles. The van der Waals surface area contributed by atoms with Crippen LogP contribution >= 0.6 is 0 Å². The molecule has 1 amide bonds. The second kappa shape index (κ2) is 5.19. The van der Waals surface area contributed by atoms with Crippen LogP contribution < -0.4 is 5.32 Å². The van der Waals surface area contributed by atoms with E-state index in [-0.39, 0.29) is 5.91 Å². The van der Waals surface area contributed by atoms with Crippen molar-refractivity contribution in [1.29, 1.82) is 5.26 Å². The van der Waals surface area contributed by atoms with Crippen molar-refractivity contribution >= 4 is 5.91 Å². The van der Waals surface area contributed by atoms with Gasteiger partial charge in [-0.15, -0.1) is 0 Å². The lowest BCUT2D eigenvalue weighted by atomic mass is 10.1. The van der Waals surface area contributed by atoms with Crippen LogP contribution in [0, 0.1) is 18.3 Å². The Morgan fingerprint density at radius 3 is 2.56 bits per heavy atom. The van der Waals surface area contributed by atoms with Gasteiger partial charge in [0, 0.05) is 6.54 Å². The Labute approximate surface area is 105 Å². The third-order valence-electron chi connectivity index (χ3n) is 2.50. The van der Waals surface area contributed by atoms with Crippen molar-refractivity contribution in [3.05, 3.63) is 59.0 Å². The molecule has 1 aromatic carbocycles. The highest BCUT2D eigenvalue weighted by Gasteiger charge is 2.08. The third-order valence-corrected chi connectivity index (χ3v) is 2.50. The number of aryl methyl sites for hydroxylation is 1. The lowest BCUT2D eigenvalue weighted by Crippen LogP contribution is -2.22. The summed E-state index contributed by atoms with van der Waals surface area (Å²) in [5, 5.41) is 11.4. The second-order valence-corrected chi connectivity index (χ2v) is 3.90. The van der Waals surface area contributed by atoms with Crippen molar-refractivity contribution < 1.29 is 9.21 Å². The van der Waals surface area contributed by atoms with E-state index in [9.17, 15) is 4.79 Å². The molecule has 2 aromatic rings. The fraction of sp³-hybridized carbons (Fsp3) is 0.143. The highest BCUT2D eigenvalue weighted by Crippen LogP contribution is 2.07. The highest BCUT2D eigenvalue weighted by molar-refractivity contribution is 5.91. The molecular weight excluding hydrogens is 228 g/mol. The standard InChI is InChI=1S/C14H12N2O2/c1-10-2-7-13(18-10)14(17)16-9-12-5-3-11(8-15)4-6-12/h2-7H,9H2,1H3,(H,16,17). The number of rotatable bonds is 3. The van der Waals surface area contributed by atoms with Gasteiger partial charge in [0.2, 0.25) is 0 Å². The molecule has 2 rings (SSSR count). The highest BCUT2D eigenvalue weighted by atomic mass is 16.3. The van der Waals surface area contributed by atoms with E-state index in [4.69, 9.17) is 9.68 Å². The molecule has 0 unspecified atom stereocenters. The molecule has 0 aliphatic rings. The molecular formula is C14H12N2O2. The summed E-state index contributed by atoms with van der Waals surface area (Å²) in [4.78, 5) is 11.7. The van der Waals surface area contributed by atoms with Gasteiger partial charge in [0.1, 0.15) is 5.76 Å². The minimum absolute atomic E-state index is 0.243. The van der Waals surface area contributed by atoms with Crippen LogP contribution in [0.25, 0.3) is 0 Å². The quantitative estimate of drug-likeness (QED) is 0.895. The van der Waals surface area contributed by atoms with E-state index in [1.807, 2.05) is 18.2 Å². The van der Waals surface area contributed by atoms with E-state index in [2.05, 4.69) is 5.32 Å². The summed E-state index contributed by atoms with van der Waals surface area (Å²) in [6, 6.07) is 12.5. The third kappa shape index (κ3) is 2.77. The lowest BCUT2D eigenvalue weighted by molar-refractivity contribution is 0.0922. The largest absolute Gasteiger partial charge is 0.456 e. The SMILES string of the molecule is Cc1ccc(C(=O)NCc2ccc(C#N)cc2)o1. The molecule has 0 bridgehead atoms. The van der Waals surface area contributed by atoms with Gasteiger partial charge >= 0.3 is 0 Å².